The molecule has 0 fully saturated rings. The van der Waals surface area contributed by atoms with Gasteiger partial charge in [0.1, 0.15) is 5.92 Å². The maximum Gasteiger partial charge on any atom is 0.242 e. The van der Waals surface area contributed by atoms with Gasteiger partial charge in [-0.3, -0.25) is 4.79 Å². The van der Waals surface area contributed by atoms with Gasteiger partial charge in [-0.1, -0.05) is 32.0 Å². The lowest BCUT2D eigenvalue weighted by Crippen LogP contribution is -2.26. The fourth-order valence-corrected chi connectivity index (χ4v) is 1.64. The minimum atomic E-state index is -0.638. The average Bonchev–Trinajstić information content (AvgIpc) is 2.32. The Morgan fingerprint density at radius 2 is 2.11 bits per heavy atom. The number of amides is 1. The summed E-state index contributed by atoms with van der Waals surface area (Å²) in [6.45, 7) is 4.14. The SMILES string of the molecule is COCc1ccccc1NC(=O)C(C#N)C(C)C. The topological polar surface area (TPSA) is 62.1 Å². The van der Waals surface area contributed by atoms with Crippen LogP contribution < -0.4 is 5.32 Å². The highest BCUT2D eigenvalue weighted by Gasteiger charge is 2.22. The van der Waals surface area contributed by atoms with Crippen molar-refractivity contribution in [2.45, 2.75) is 20.5 Å². The molecule has 1 N–H and O–H groups in total. The number of hydrogen-bond donors (Lipinski definition) is 1. The maximum absolute atomic E-state index is 12.0. The normalized spacial score (nSPS) is 11.9. The van der Waals surface area contributed by atoms with Crippen LogP contribution in [0.4, 0.5) is 5.69 Å². The minimum Gasteiger partial charge on any atom is -0.380 e. The summed E-state index contributed by atoms with van der Waals surface area (Å²) in [6, 6.07) is 9.44. The third-order valence-electron chi connectivity index (χ3n) is 2.66. The molecule has 0 aliphatic rings. The zero-order valence-corrected chi connectivity index (χ0v) is 10.9. The van der Waals surface area contributed by atoms with Crippen molar-refractivity contribution in [3.8, 4) is 6.07 Å². The molecule has 0 radical (unpaired) electrons. The van der Waals surface area contributed by atoms with Crippen LogP contribution in [0.3, 0.4) is 0 Å². The number of ether oxygens (including phenoxy) is 1. The van der Waals surface area contributed by atoms with Gasteiger partial charge in [-0.2, -0.15) is 5.26 Å². The molecule has 96 valence electrons. The summed E-state index contributed by atoms with van der Waals surface area (Å²) in [5.74, 6) is -0.916. The second kappa shape index (κ2) is 6.77. The van der Waals surface area contributed by atoms with Gasteiger partial charge in [0.25, 0.3) is 0 Å². The molecule has 0 aliphatic heterocycles. The van der Waals surface area contributed by atoms with E-state index in [9.17, 15) is 4.79 Å². The molecular weight excluding hydrogens is 228 g/mol. The number of carbonyl (C=O) groups is 1. The first-order chi connectivity index (χ1) is 8.60. The van der Waals surface area contributed by atoms with E-state index in [4.69, 9.17) is 10.00 Å². The molecule has 0 bridgehead atoms. The van der Waals surface area contributed by atoms with Gasteiger partial charge in [0, 0.05) is 18.4 Å². The number of rotatable bonds is 5. The van der Waals surface area contributed by atoms with E-state index in [1.54, 1.807) is 13.2 Å². The van der Waals surface area contributed by atoms with Crippen molar-refractivity contribution in [3.63, 3.8) is 0 Å². The van der Waals surface area contributed by atoms with E-state index < -0.39 is 5.92 Å². The highest BCUT2D eigenvalue weighted by molar-refractivity contribution is 5.94. The summed E-state index contributed by atoms with van der Waals surface area (Å²) < 4.78 is 5.07. The number of hydrogen-bond acceptors (Lipinski definition) is 3. The molecule has 0 saturated carbocycles. The quantitative estimate of drug-likeness (QED) is 0.868. The van der Waals surface area contributed by atoms with Crippen molar-refractivity contribution in [2.24, 2.45) is 11.8 Å². The lowest BCUT2D eigenvalue weighted by Gasteiger charge is -2.15. The van der Waals surface area contributed by atoms with Gasteiger partial charge < -0.3 is 10.1 Å². The first-order valence-electron chi connectivity index (χ1n) is 5.87. The van der Waals surface area contributed by atoms with Crippen LogP contribution in [0, 0.1) is 23.2 Å². The first kappa shape index (κ1) is 14.2. The number of methoxy groups -OCH3 is 1. The number of para-hydroxylation sites is 1. The van der Waals surface area contributed by atoms with Gasteiger partial charge in [0.15, 0.2) is 0 Å². The highest BCUT2D eigenvalue weighted by atomic mass is 16.5. The summed E-state index contributed by atoms with van der Waals surface area (Å²) in [7, 11) is 1.60. The molecule has 4 heteroatoms. The van der Waals surface area contributed by atoms with Crippen molar-refractivity contribution < 1.29 is 9.53 Å². The zero-order valence-electron chi connectivity index (χ0n) is 10.9. The van der Waals surface area contributed by atoms with Crippen LogP contribution in [-0.2, 0) is 16.1 Å². The average molecular weight is 246 g/mol. The van der Waals surface area contributed by atoms with Crippen LogP contribution in [0.2, 0.25) is 0 Å². The molecule has 0 aromatic heterocycles. The van der Waals surface area contributed by atoms with Crippen LogP contribution in [0.25, 0.3) is 0 Å². The number of nitriles is 1. The predicted molar refractivity (Wildman–Crippen MR) is 69.7 cm³/mol. The Kier molecular flexibility index (Phi) is 5.34. The molecule has 1 rings (SSSR count). The maximum atomic E-state index is 12.0. The van der Waals surface area contributed by atoms with Crippen LogP contribution in [0.5, 0.6) is 0 Å². The van der Waals surface area contributed by atoms with E-state index in [0.717, 1.165) is 5.56 Å². The highest BCUT2D eigenvalue weighted by Crippen LogP contribution is 2.18. The molecule has 0 saturated heterocycles. The number of anilines is 1. The summed E-state index contributed by atoms with van der Waals surface area (Å²) >= 11 is 0. The predicted octanol–water partition coefficient (Wildman–Crippen LogP) is 2.57. The fourth-order valence-electron chi connectivity index (χ4n) is 1.64. The molecule has 1 atom stereocenters. The summed E-state index contributed by atoms with van der Waals surface area (Å²) in [6.07, 6.45) is 0. The zero-order chi connectivity index (χ0) is 13.5. The Hall–Kier alpha value is -1.86. The molecule has 0 heterocycles. The minimum absolute atomic E-state index is 0.00964. The molecule has 18 heavy (non-hydrogen) atoms. The number of nitrogens with zero attached hydrogens (tertiary/aromatic N) is 1. The summed E-state index contributed by atoms with van der Waals surface area (Å²) in [4.78, 5) is 12.0. The molecule has 4 nitrogen and oxygen atoms in total. The van der Waals surface area contributed by atoms with E-state index in [1.165, 1.54) is 0 Å². The van der Waals surface area contributed by atoms with Crippen molar-refractivity contribution in [3.05, 3.63) is 29.8 Å². The van der Waals surface area contributed by atoms with Gasteiger partial charge in [-0.05, 0) is 12.0 Å². The molecule has 0 spiro atoms. The number of benzene rings is 1. The van der Waals surface area contributed by atoms with E-state index in [2.05, 4.69) is 5.32 Å². The van der Waals surface area contributed by atoms with Gasteiger partial charge in [-0.15, -0.1) is 0 Å². The summed E-state index contributed by atoms with van der Waals surface area (Å²) in [5.41, 5.74) is 1.60. The Bertz CT molecular complexity index is 449. The van der Waals surface area contributed by atoms with Crippen molar-refractivity contribution in [1.82, 2.24) is 0 Å². The van der Waals surface area contributed by atoms with Crippen LogP contribution in [0.15, 0.2) is 24.3 Å². The van der Waals surface area contributed by atoms with Gasteiger partial charge in [0.2, 0.25) is 5.91 Å². The smallest absolute Gasteiger partial charge is 0.242 e. The van der Waals surface area contributed by atoms with E-state index in [0.29, 0.717) is 12.3 Å². The van der Waals surface area contributed by atoms with Crippen LogP contribution >= 0.6 is 0 Å². The Labute approximate surface area is 108 Å². The second-order valence-electron chi connectivity index (χ2n) is 4.43. The number of carbonyl (C=O) groups excluding carboxylic acids is 1. The van der Waals surface area contributed by atoms with Crippen molar-refractivity contribution in [1.29, 1.82) is 5.26 Å². The Morgan fingerprint density at radius 1 is 1.44 bits per heavy atom. The van der Waals surface area contributed by atoms with Gasteiger partial charge in [-0.25, -0.2) is 0 Å². The van der Waals surface area contributed by atoms with E-state index in [-0.39, 0.29) is 11.8 Å². The summed E-state index contributed by atoms with van der Waals surface area (Å²) in [5, 5.41) is 11.8. The monoisotopic (exact) mass is 246 g/mol. The van der Waals surface area contributed by atoms with E-state index >= 15 is 0 Å². The van der Waals surface area contributed by atoms with Crippen LogP contribution in [-0.4, -0.2) is 13.0 Å². The first-order valence-corrected chi connectivity index (χ1v) is 5.87. The standard InChI is InChI=1S/C14H18N2O2/c1-10(2)12(8-15)14(17)16-13-7-5-4-6-11(13)9-18-3/h4-7,10,12H,9H2,1-3H3,(H,16,17). The third-order valence-corrected chi connectivity index (χ3v) is 2.66. The van der Waals surface area contributed by atoms with Gasteiger partial charge in [0.05, 0.1) is 12.7 Å². The third kappa shape index (κ3) is 3.57. The Morgan fingerprint density at radius 3 is 2.67 bits per heavy atom. The molecule has 0 aliphatic carbocycles. The van der Waals surface area contributed by atoms with E-state index in [1.807, 2.05) is 38.1 Å². The molecule has 1 aromatic rings. The largest absolute Gasteiger partial charge is 0.380 e. The van der Waals surface area contributed by atoms with Crippen LogP contribution in [0.1, 0.15) is 19.4 Å². The molecule has 1 amide bonds. The van der Waals surface area contributed by atoms with Crippen molar-refractivity contribution in [2.75, 3.05) is 12.4 Å². The van der Waals surface area contributed by atoms with Crippen molar-refractivity contribution >= 4 is 11.6 Å². The lowest BCUT2D eigenvalue weighted by molar-refractivity contribution is -0.119. The fraction of sp³-hybridized carbons (Fsp3) is 0.429. The molecule has 1 aromatic carbocycles. The van der Waals surface area contributed by atoms with Gasteiger partial charge >= 0.3 is 0 Å². The second-order valence-corrected chi connectivity index (χ2v) is 4.43. The lowest BCUT2D eigenvalue weighted by atomic mass is 9.96. The Balaban J connectivity index is 2.85. The molecular formula is C14H18N2O2. The molecule has 1 unspecified atom stereocenters. The number of nitrogens with one attached hydrogen (secondary N) is 1.